The van der Waals surface area contributed by atoms with Crippen molar-refractivity contribution in [3.63, 3.8) is 0 Å². The number of piperidine rings is 1. The summed E-state index contributed by atoms with van der Waals surface area (Å²) < 4.78 is 26.4. The van der Waals surface area contributed by atoms with Crippen LogP contribution in [0.5, 0.6) is 0 Å². The third kappa shape index (κ3) is 3.59. The topological polar surface area (TPSA) is 57.7 Å². The molecule has 5 nitrogen and oxygen atoms in total. The van der Waals surface area contributed by atoms with Gasteiger partial charge in [0.15, 0.2) is 17.4 Å². The normalized spacial score (nSPS) is 23.8. The summed E-state index contributed by atoms with van der Waals surface area (Å²) in [5, 5.41) is 0. The molecule has 4 rings (SSSR count). The fourth-order valence-corrected chi connectivity index (χ4v) is 4.14. The Bertz CT molecular complexity index is 785. The molecule has 2 aliphatic heterocycles. The van der Waals surface area contributed by atoms with E-state index in [1.54, 1.807) is 4.90 Å². The maximum Gasteiger partial charge on any atom is 0.227 e. The molecule has 27 heavy (non-hydrogen) atoms. The average molecular weight is 376 g/mol. The molecule has 0 N–H and O–H groups in total. The van der Waals surface area contributed by atoms with Crippen molar-refractivity contribution < 1.29 is 23.2 Å². The second kappa shape index (κ2) is 7.02. The van der Waals surface area contributed by atoms with Crippen LogP contribution in [-0.2, 0) is 9.59 Å². The smallest absolute Gasteiger partial charge is 0.227 e. The van der Waals surface area contributed by atoms with Gasteiger partial charge in [0.1, 0.15) is 0 Å². The lowest BCUT2D eigenvalue weighted by Gasteiger charge is -2.33. The van der Waals surface area contributed by atoms with E-state index in [1.165, 1.54) is 6.07 Å². The van der Waals surface area contributed by atoms with Crippen LogP contribution in [-0.4, -0.2) is 53.1 Å². The fourth-order valence-electron chi connectivity index (χ4n) is 4.14. The first-order valence-electron chi connectivity index (χ1n) is 9.51. The van der Waals surface area contributed by atoms with E-state index in [1.807, 2.05) is 4.90 Å². The SMILES string of the molecule is O=C(c1ccc(F)c(F)c1)C1CCN(C(=O)[C@@H]2CC(=O)N(C3CC3)C2)CC1. The van der Waals surface area contributed by atoms with Crippen LogP contribution in [0, 0.1) is 23.5 Å². The number of ketones is 1. The number of carbonyl (C=O) groups is 3. The summed E-state index contributed by atoms with van der Waals surface area (Å²) in [7, 11) is 0. The molecule has 0 spiro atoms. The van der Waals surface area contributed by atoms with E-state index in [0.29, 0.717) is 38.5 Å². The van der Waals surface area contributed by atoms with Crippen LogP contribution in [0.2, 0.25) is 0 Å². The van der Waals surface area contributed by atoms with Crippen molar-refractivity contribution in [2.24, 2.45) is 11.8 Å². The monoisotopic (exact) mass is 376 g/mol. The molecule has 0 bridgehead atoms. The van der Waals surface area contributed by atoms with Crippen molar-refractivity contribution in [3.8, 4) is 0 Å². The minimum Gasteiger partial charge on any atom is -0.342 e. The van der Waals surface area contributed by atoms with Crippen LogP contribution >= 0.6 is 0 Å². The van der Waals surface area contributed by atoms with E-state index in [0.717, 1.165) is 25.0 Å². The van der Waals surface area contributed by atoms with Gasteiger partial charge in [-0.25, -0.2) is 8.78 Å². The van der Waals surface area contributed by atoms with Crippen LogP contribution in [0.4, 0.5) is 8.78 Å². The predicted molar refractivity (Wildman–Crippen MR) is 92.8 cm³/mol. The fraction of sp³-hybridized carbons (Fsp3) is 0.550. The lowest BCUT2D eigenvalue weighted by atomic mass is 9.88. The van der Waals surface area contributed by atoms with Gasteiger partial charge in [0.2, 0.25) is 11.8 Å². The van der Waals surface area contributed by atoms with Crippen LogP contribution in [0.3, 0.4) is 0 Å². The predicted octanol–water partition coefficient (Wildman–Crippen LogP) is 2.40. The first-order chi connectivity index (χ1) is 12.9. The number of carbonyl (C=O) groups excluding carboxylic acids is 3. The van der Waals surface area contributed by atoms with Gasteiger partial charge in [0.05, 0.1) is 5.92 Å². The molecule has 3 fully saturated rings. The van der Waals surface area contributed by atoms with Crippen molar-refractivity contribution in [2.45, 2.75) is 38.1 Å². The summed E-state index contributed by atoms with van der Waals surface area (Å²) in [6, 6.07) is 3.53. The van der Waals surface area contributed by atoms with Gasteiger partial charge in [0, 0.05) is 43.6 Å². The van der Waals surface area contributed by atoms with E-state index in [2.05, 4.69) is 0 Å². The van der Waals surface area contributed by atoms with Crippen LogP contribution < -0.4 is 0 Å². The number of benzene rings is 1. The molecule has 2 heterocycles. The van der Waals surface area contributed by atoms with Crippen molar-refractivity contribution in [1.29, 1.82) is 0 Å². The van der Waals surface area contributed by atoms with Crippen molar-refractivity contribution in [1.82, 2.24) is 9.80 Å². The van der Waals surface area contributed by atoms with Gasteiger partial charge >= 0.3 is 0 Å². The highest BCUT2D eigenvalue weighted by Gasteiger charge is 2.43. The lowest BCUT2D eigenvalue weighted by molar-refractivity contribution is -0.137. The first kappa shape index (κ1) is 18.1. The third-order valence-corrected chi connectivity index (χ3v) is 5.88. The molecule has 0 radical (unpaired) electrons. The highest BCUT2D eigenvalue weighted by Crippen LogP contribution is 2.33. The minimum atomic E-state index is -1.03. The van der Waals surface area contributed by atoms with E-state index in [4.69, 9.17) is 0 Å². The van der Waals surface area contributed by atoms with E-state index < -0.39 is 11.6 Å². The minimum absolute atomic E-state index is 0.00905. The molecule has 1 saturated carbocycles. The highest BCUT2D eigenvalue weighted by molar-refractivity contribution is 5.98. The molecular weight excluding hydrogens is 354 g/mol. The number of rotatable bonds is 4. The average Bonchev–Trinajstić information content (AvgIpc) is 3.44. The van der Waals surface area contributed by atoms with Crippen molar-refractivity contribution >= 4 is 17.6 Å². The largest absolute Gasteiger partial charge is 0.342 e. The quantitative estimate of drug-likeness (QED) is 0.759. The lowest BCUT2D eigenvalue weighted by Crippen LogP contribution is -2.43. The molecule has 1 atom stereocenters. The summed E-state index contributed by atoms with van der Waals surface area (Å²) in [4.78, 5) is 40.9. The Morgan fingerprint density at radius 1 is 0.963 bits per heavy atom. The number of nitrogens with zero attached hydrogens (tertiary/aromatic N) is 2. The first-order valence-corrected chi connectivity index (χ1v) is 9.51. The Hall–Kier alpha value is -2.31. The zero-order chi connectivity index (χ0) is 19.1. The summed E-state index contributed by atoms with van der Waals surface area (Å²) in [6.45, 7) is 1.41. The number of Topliss-reactive ketones (excluding diaryl/α,β-unsaturated/α-hetero) is 1. The Morgan fingerprint density at radius 2 is 1.67 bits per heavy atom. The van der Waals surface area contributed by atoms with Gasteiger partial charge in [-0.05, 0) is 43.9 Å². The molecule has 144 valence electrons. The molecule has 1 aromatic rings. The summed E-state index contributed by atoms with van der Waals surface area (Å²) in [5.41, 5.74) is 0.167. The number of hydrogen-bond donors (Lipinski definition) is 0. The van der Waals surface area contributed by atoms with Crippen LogP contribution in [0.1, 0.15) is 42.5 Å². The maximum atomic E-state index is 13.4. The maximum absolute atomic E-state index is 13.4. The molecule has 1 aliphatic carbocycles. The summed E-state index contributed by atoms with van der Waals surface area (Å²) in [5.74, 6) is -2.73. The van der Waals surface area contributed by atoms with Crippen molar-refractivity contribution in [2.75, 3.05) is 19.6 Å². The number of hydrogen-bond acceptors (Lipinski definition) is 3. The zero-order valence-corrected chi connectivity index (χ0v) is 15.0. The molecule has 2 amide bonds. The standard InChI is InChI=1S/C20H22F2N2O3/c21-16-4-1-13(9-17(16)22)19(26)12-5-7-23(8-6-12)20(27)14-10-18(25)24(11-14)15-2-3-15/h1,4,9,12,14-15H,2-3,5-8,10-11H2/t14-/m1/s1. The number of likely N-dealkylation sites (tertiary alicyclic amines) is 2. The number of amides is 2. The Labute approximate surface area is 156 Å². The van der Waals surface area contributed by atoms with E-state index >= 15 is 0 Å². The van der Waals surface area contributed by atoms with Gasteiger partial charge in [0.25, 0.3) is 0 Å². The second-order valence-corrected chi connectivity index (χ2v) is 7.77. The van der Waals surface area contributed by atoms with Gasteiger partial charge in [-0.2, -0.15) is 0 Å². The Morgan fingerprint density at radius 3 is 2.30 bits per heavy atom. The van der Waals surface area contributed by atoms with Gasteiger partial charge in [-0.1, -0.05) is 0 Å². The molecule has 0 aromatic heterocycles. The highest BCUT2D eigenvalue weighted by atomic mass is 19.2. The molecule has 7 heteroatoms. The second-order valence-electron chi connectivity index (χ2n) is 7.77. The van der Waals surface area contributed by atoms with Crippen molar-refractivity contribution in [3.05, 3.63) is 35.4 Å². The Balaban J connectivity index is 1.33. The molecular formula is C20H22F2N2O3. The van der Waals surface area contributed by atoms with Crippen LogP contribution in [0.25, 0.3) is 0 Å². The molecule has 3 aliphatic rings. The summed E-state index contributed by atoms with van der Waals surface area (Å²) >= 11 is 0. The van der Waals surface area contributed by atoms with Gasteiger partial charge < -0.3 is 9.80 Å². The molecule has 2 saturated heterocycles. The van der Waals surface area contributed by atoms with Gasteiger partial charge in [-0.3, -0.25) is 14.4 Å². The molecule has 0 unspecified atom stereocenters. The van der Waals surface area contributed by atoms with Crippen LogP contribution in [0.15, 0.2) is 18.2 Å². The Kier molecular flexibility index (Phi) is 4.70. The summed E-state index contributed by atoms with van der Waals surface area (Å²) in [6.07, 6.45) is 3.34. The number of halogens is 2. The zero-order valence-electron chi connectivity index (χ0n) is 15.0. The molecule has 1 aromatic carbocycles. The third-order valence-electron chi connectivity index (χ3n) is 5.88. The van der Waals surface area contributed by atoms with E-state index in [9.17, 15) is 23.2 Å². The van der Waals surface area contributed by atoms with Gasteiger partial charge in [-0.15, -0.1) is 0 Å². The van der Waals surface area contributed by atoms with E-state index in [-0.39, 0.29) is 41.4 Å².